The normalized spacial score (nSPS) is 25.2. The first-order valence-electron chi connectivity index (χ1n) is 15.7. The highest BCUT2D eigenvalue weighted by molar-refractivity contribution is 7.14. The smallest absolute Gasteiger partial charge is 0.242 e. The van der Waals surface area contributed by atoms with E-state index in [1.54, 1.807) is 7.11 Å². The van der Waals surface area contributed by atoms with Gasteiger partial charge in [-0.1, -0.05) is 26.0 Å². The average Bonchev–Trinajstić information content (AvgIpc) is 3.48. The molecule has 5 rings (SSSR count). The lowest BCUT2D eigenvalue weighted by Gasteiger charge is -2.41. The number of likely N-dealkylation sites (tertiary alicyclic amines) is 1. The predicted molar refractivity (Wildman–Crippen MR) is 171 cm³/mol. The molecule has 1 aromatic heterocycles. The minimum absolute atomic E-state index is 0.0497. The number of rotatable bonds is 7. The number of thiazole rings is 1. The number of ether oxygens (including phenoxy) is 2. The lowest BCUT2D eigenvalue weighted by molar-refractivity contribution is -0.138. The van der Waals surface area contributed by atoms with E-state index in [2.05, 4.69) is 51.8 Å². The molecule has 0 saturated carbocycles. The number of benzene rings is 1. The van der Waals surface area contributed by atoms with E-state index in [4.69, 9.17) is 9.47 Å². The Morgan fingerprint density at radius 2 is 1.95 bits per heavy atom. The van der Waals surface area contributed by atoms with E-state index in [0.717, 1.165) is 29.8 Å². The maximum atomic E-state index is 13.9. The number of nitrogens with zero attached hydrogens (tertiary/aromatic N) is 2. The maximum absolute atomic E-state index is 13.9. The largest absolute Gasteiger partial charge is 0.497 e. The molecule has 0 aliphatic carbocycles. The molecule has 4 heterocycles. The zero-order valence-corrected chi connectivity index (χ0v) is 26.8. The van der Waals surface area contributed by atoms with Crippen molar-refractivity contribution >= 4 is 34.2 Å². The van der Waals surface area contributed by atoms with Crippen LogP contribution < -0.4 is 20.7 Å². The third kappa shape index (κ3) is 8.05. The first-order valence-corrected chi connectivity index (χ1v) is 16.6. The molecule has 0 bridgehead atoms. The first-order chi connectivity index (χ1) is 21.2. The molecule has 1 spiro atoms. The molecule has 11 heteroatoms. The van der Waals surface area contributed by atoms with Crippen LogP contribution in [0.15, 0.2) is 41.8 Å². The molecule has 3 aliphatic heterocycles. The second-order valence-electron chi connectivity index (χ2n) is 12.7. The molecule has 3 amide bonds. The molecule has 10 nitrogen and oxygen atoms in total. The number of methoxy groups -OCH3 is 1. The number of nitrogens with one attached hydrogen (secondary N) is 3. The van der Waals surface area contributed by atoms with Gasteiger partial charge in [-0.3, -0.25) is 19.3 Å². The molecule has 0 unspecified atom stereocenters. The Hall–Kier alpha value is -3.28. The summed E-state index contributed by atoms with van der Waals surface area (Å²) in [5.74, 6) is 0.961. The molecule has 1 aromatic carbocycles. The highest BCUT2D eigenvalue weighted by Gasteiger charge is 2.42. The summed E-state index contributed by atoms with van der Waals surface area (Å²) in [4.78, 5) is 46.9. The molecule has 238 valence electrons. The number of carbonyl (C=O) groups excluding carboxylic acids is 3. The maximum Gasteiger partial charge on any atom is 0.242 e. The standard InChI is InChI=1S/C33H45N5O5S/c1-22(2)18-27-30(40)34-26-11-17-43-20-24(26)6-4-5-12-33(31(41)35-27)13-15-38(16-14-33)19-29(39)37-32-36-28(21-44-32)23-7-9-25(42-3)10-8-23/h4-5,7-10,21-22,24,26-27H,6,11-20H2,1-3H3,(H,34,40)(H,35,41)(H,36,37,39)/b5-4+/t24-,26+,27-/m0/s1. The number of anilines is 1. The van der Waals surface area contributed by atoms with Crippen molar-refractivity contribution in [1.82, 2.24) is 20.5 Å². The number of aromatic nitrogens is 1. The van der Waals surface area contributed by atoms with Crippen molar-refractivity contribution in [3.05, 3.63) is 41.8 Å². The molecule has 3 atom stereocenters. The third-order valence-electron chi connectivity index (χ3n) is 9.04. The fraction of sp³-hybridized carbons (Fsp3) is 0.576. The van der Waals surface area contributed by atoms with Crippen molar-refractivity contribution < 1.29 is 23.9 Å². The average molecular weight is 624 g/mol. The molecule has 2 aromatic rings. The van der Waals surface area contributed by atoms with Crippen molar-refractivity contribution in [1.29, 1.82) is 0 Å². The number of hydrogen-bond acceptors (Lipinski definition) is 8. The van der Waals surface area contributed by atoms with Crippen molar-refractivity contribution in [2.45, 2.75) is 64.5 Å². The number of piperidine rings is 1. The predicted octanol–water partition coefficient (Wildman–Crippen LogP) is 4.24. The summed E-state index contributed by atoms with van der Waals surface area (Å²) in [6, 6.07) is 7.12. The number of amides is 3. The summed E-state index contributed by atoms with van der Waals surface area (Å²) in [5, 5.41) is 11.8. The fourth-order valence-corrected chi connectivity index (χ4v) is 7.08. The van der Waals surface area contributed by atoms with Gasteiger partial charge in [-0.15, -0.1) is 11.3 Å². The van der Waals surface area contributed by atoms with Gasteiger partial charge in [0.2, 0.25) is 17.7 Å². The molecule has 0 radical (unpaired) electrons. The van der Waals surface area contributed by atoms with E-state index >= 15 is 0 Å². The van der Waals surface area contributed by atoms with Crippen LogP contribution in [0.25, 0.3) is 11.3 Å². The summed E-state index contributed by atoms with van der Waals surface area (Å²) in [6.07, 6.45) is 8.29. The molecule has 2 fully saturated rings. The fourth-order valence-electron chi connectivity index (χ4n) is 6.35. The van der Waals surface area contributed by atoms with Crippen LogP contribution in [-0.2, 0) is 19.1 Å². The molecule has 44 heavy (non-hydrogen) atoms. The first kappa shape index (κ1) is 32.1. The number of hydrogen-bond donors (Lipinski definition) is 3. The Kier molecular flexibility index (Phi) is 10.7. The van der Waals surface area contributed by atoms with E-state index < -0.39 is 11.5 Å². The summed E-state index contributed by atoms with van der Waals surface area (Å²) < 4.78 is 11.0. The van der Waals surface area contributed by atoms with Crippen LogP contribution in [0.4, 0.5) is 5.13 Å². The molecule has 3 N–H and O–H groups in total. The van der Waals surface area contributed by atoms with Gasteiger partial charge >= 0.3 is 0 Å². The van der Waals surface area contributed by atoms with Crippen LogP contribution in [0.5, 0.6) is 5.75 Å². The number of carbonyl (C=O) groups is 3. The second-order valence-corrected chi connectivity index (χ2v) is 13.5. The van der Waals surface area contributed by atoms with Crippen molar-refractivity contribution in [3.8, 4) is 17.0 Å². The van der Waals surface area contributed by atoms with Crippen LogP contribution in [0.3, 0.4) is 0 Å². The van der Waals surface area contributed by atoms with Gasteiger partial charge in [0.25, 0.3) is 0 Å². The summed E-state index contributed by atoms with van der Waals surface area (Å²) in [7, 11) is 1.63. The van der Waals surface area contributed by atoms with Crippen molar-refractivity contribution in [3.63, 3.8) is 0 Å². The van der Waals surface area contributed by atoms with E-state index in [-0.39, 0.29) is 42.1 Å². The highest BCUT2D eigenvalue weighted by Crippen LogP contribution is 2.37. The molecular weight excluding hydrogens is 578 g/mol. The monoisotopic (exact) mass is 623 g/mol. The number of allylic oxidation sites excluding steroid dienone is 2. The molecular formula is C33H45N5O5S. The van der Waals surface area contributed by atoms with Crippen LogP contribution in [0.2, 0.25) is 0 Å². The Morgan fingerprint density at radius 3 is 2.68 bits per heavy atom. The van der Waals surface area contributed by atoms with Gasteiger partial charge in [-0.05, 0) is 81.8 Å². The van der Waals surface area contributed by atoms with E-state index in [1.165, 1.54) is 11.3 Å². The second kappa shape index (κ2) is 14.7. The SMILES string of the molecule is COc1ccc(-c2csc(NC(=O)CN3CCC4(C/C=C/C[C@H]5COCC[C@H]5NC(=O)[C@H](CC(C)C)NC4=O)CC3)n2)cc1. The van der Waals surface area contributed by atoms with Gasteiger partial charge in [-0.2, -0.15) is 0 Å². The highest BCUT2D eigenvalue weighted by atomic mass is 32.1. The van der Waals surface area contributed by atoms with Crippen LogP contribution in [0.1, 0.15) is 52.4 Å². The lowest BCUT2D eigenvalue weighted by atomic mass is 9.74. The quantitative estimate of drug-likeness (QED) is 0.395. The van der Waals surface area contributed by atoms with E-state index in [0.29, 0.717) is 57.1 Å². The van der Waals surface area contributed by atoms with Crippen LogP contribution in [-0.4, -0.2) is 79.6 Å². The third-order valence-corrected chi connectivity index (χ3v) is 9.80. The zero-order chi connectivity index (χ0) is 31.1. The molecule has 3 aliphatic rings. The van der Waals surface area contributed by atoms with Crippen LogP contribution in [0, 0.1) is 17.3 Å². The van der Waals surface area contributed by atoms with Gasteiger partial charge in [-0.25, -0.2) is 4.98 Å². The topological polar surface area (TPSA) is 122 Å². The van der Waals surface area contributed by atoms with Gasteiger partial charge < -0.3 is 25.4 Å². The van der Waals surface area contributed by atoms with E-state index in [1.807, 2.05) is 29.6 Å². The Balaban J connectivity index is 1.21. The lowest BCUT2D eigenvalue weighted by Crippen LogP contribution is -2.57. The summed E-state index contributed by atoms with van der Waals surface area (Å²) >= 11 is 1.39. The van der Waals surface area contributed by atoms with E-state index in [9.17, 15) is 14.4 Å². The summed E-state index contributed by atoms with van der Waals surface area (Å²) in [6.45, 7) is 6.86. The molecule has 2 saturated heterocycles. The zero-order valence-electron chi connectivity index (χ0n) is 26.0. The van der Waals surface area contributed by atoms with Crippen molar-refractivity contribution in [2.24, 2.45) is 17.3 Å². The summed E-state index contributed by atoms with van der Waals surface area (Å²) in [5.41, 5.74) is 1.13. The van der Waals surface area contributed by atoms with Gasteiger partial charge in [0, 0.05) is 29.5 Å². The number of fused-ring (bicyclic) bond motifs is 1. The van der Waals surface area contributed by atoms with Gasteiger partial charge in [0.15, 0.2) is 5.13 Å². The van der Waals surface area contributed by atoms with Crippen molar-refractivity contribution in [2.75, 3.05) is 45.3 Å². The van der Waals surface area contributed by atoms with Gasteiger partial charge in [0.1, 0.15) is 11.8 Å². The Bertz CT molecular complexity index is 1320. The van der Waals surface area contributed by atoms with Gasteiger partial charge in [0.05, 0.1) is 31.4 Å². The Morgan fingerprint density at radius 1 is 1.18 bits per heavy atom. The Labute approximate surface area is 264 Å². The minimum Gasteiger partial charge on any atom is -0.497 e. The van der Waals surface area contributed by atoms with Crippen LogP contribution >= 0.6 is 11.3 Å². The minimum atomic E-state index is -0.622.